The fraction of sp³-hybridized carbons (Fsp3) is 0.591. The summed E-state index contributed by atoms with van der Waals surface area (Å²) in [6.07, 6.45) is 0.104. The zero-order valence-electron chi connectivity index (χ0n) is 18.7. The summed E-state index contributed by atoms with van der Waals surface area (Å²) in [5.41, 5.74) is 0.893. The molecule has 0 saturated heterocycles. The number of nitrogens with one attached hydrogen (secondary N) is 1. The quantitative estimate of drug-likeness (QED) is 0.813. The molecule has 30 heavy (non-hydrogen) atoms. The molecule has 3 amide bonds. The summed E-state index contributed by atoms with van der Waals surface area (Å²) < 4.78 is 11.6. The molecule has 1 heterocycles. The number of ether oxygens (including phenoxy) is 2. The molecule has 2 rings (SSSR count). The second kappa shape index (κ2) is 10.4. The number of hydrogen-bond donors (Lipinski definition) is 1. The molecule has 1 aromatic rings. The maximum Gasteiger partial charge on any atom is 0.257 e. The van der Waals surface area contributed by atoms with Crippen molar-refractivity contribution in [1.29, 1.82) is 0 Å². The van der Waals surface area contributed by atoms with Crippen LogP contribution in [0.5, 0.6) is 5.75 Å². The molecule has 1 N–H and O–H groups in total. The molecule has 0 radical (unpaired) electrons. The lowest BCUT2D eigenvalue weighted by Gasteiger charge is -2.35. The fourth-order valence-corrected chi connectivity index (χ4v) is 3.54. The Morgan fingerprint density at radius 2 is 1.97 bits per heavy atom. The van der Waals surface area contributed by atoms with E-state index in [9.17, 15) is 14.4 Å². The van der Waals surface area contributed by atoms with E-state index in [0.29, 0.717) is 36.5 Å². The van der Waals surface area contributed by atoms with E-state index in [1.807, 2.05) is 13.8 Å². The van der Waals surface area contributed by atoms with Gasteiger partial charge in [-0.05, 0) is 25.1 Å². The normalized spacial score (nSPS) is 23.0. The highest BCUT2D eigenvalue weighted by molar-refractivity contribution is 5.99. The van der Waals surface area contributed by atoms with Crippen molar-refractivity contribution in [3.05, 3.63) is 23.8 Å². The third kappa shape index (κ3) is 5.72. The van der Waals surface area contributed by atoms with Gasteiger partial charge in [0.05, 0.1) is 17.7 Å². The molecule has 0 unspecified atom stereocenters. The molecule has 0 bridgehead atoms. The first-order valence-corrected chi connectivity index (χ1v) is 10.3. The van der Waals surface area contributed by atoms with Crippen LogP contribution in [0.3, 0.4) is 0 Å². The van der Waals surface area contributed by atoms with Crippen molar-refractivity contribution in [3.8, 4) is 5.75 Å². The number of carbonyl (C=O) groups is 3. The molecule has 0 aliphatic carbocycles. The Bertz CT molecular complexity index is 782. The summed E-state index contributed by atoms with van der Waals surface area (Å²) in [4.78, 5) is 40.6. The van der Waals surface area contributed by atoms with Crippen LogP contribution in [0.1, 0.15) is 44.5 Å². The van der Waals surface area contributed by atoms with Crippen LogP contribution >= 0.6 is 0 Å². The average Bonchev–Trinajstić information content (AvgIpc) is 2.72. The van der Waals surface area contributed by atoms with Crippen LogP contribution in [0.25, 0.3) is 0 Å². The van der Waals surface area contributed by atoms with Crippen molar-refractivity contribution in [2.24, 2.45) is 5.92 Å². The largest absolute Gasteiger partial charge is 0.491 e. The van der Waals surface area contributed by atoms with Crippen molar-refractivity contribution in [3.63, 3.8) is 0 Å². The molecule has 8 nitrogen and oxygen atoms in total. The SMILES string of the molecule is CCC(=O)Nc1ccc2c(c1)C(=O)N(C)C[C@H](OC)[C@@H](C)CN(C(C)=O)[C@H](C)CO2. The molecule has 1 aliphatic rings. The Morgan fingerprint density at radius 1 is 1.27 bits per heavy atom. The summed E-state index contributed by atoms with van der Waals surface area (Å²) in [6, 6.07) is 4.84. The Morgan fingerprint density at radius 3 is 2.57 bits per heavy atom. The molecule has 0 saturated carbocycles. The van der Waals surface area contributed by atoms with Crippen molar-refractivity contribution < 1.29 is 23.9 Å². The number of carbonyl (C=O) groups excluding carboxylic acids is 3. The van der Waals surface area contributed by atoms with Gasteiger partial charge >= 0.3 is 0 Å². The van der Waals surface area contributed by atoms with Crippen molar-refractivity contribution in [2.45, 2.75) is 46.3 Å². The van der Waals surface area contributed by atoms with Crippen molar-refractivity contribution >= 4 is 23.4 Å². The summed E-state index contributed by atoms with van der Waals surface area (Å²) in [5.74, 6) is 0.0458. The van der Waals surface area contributed by atoms with Crippen LogP contribution in [0.15, 0.2) is 18.2 Å². The lowest BCUT2D eigenvalue weighted by molar-refractivity contribution is -0.133. The highest BCUT2D eigenvalue weighted by atomic mass is 16.5. The first-order chi connectivity index (χ1) is 14.2. The van der Waals surface area contributed by atoms with Crippen LogP contribution in [0, 0.1) is 5.92 Å². The van der Waals surface area contributed by atoms with E-state index in [1.54, 1.807) is 56.0 Å². The molecule has 3 atom stereocenters. The summed E-state index contributed by atoms with van der Waals surface area (Å²) in [5, 5.41) is 2.78. The van der Waals surface area contributed by atoms with Gasteiger partial charge in [0.15, 0.2) is 0 Å². The number of benzene rings is 1. The topological polar surface area (TPSA) is 88.2 Å². The second-order valence-corrected chi connectivity index (χ2v) is 7.88. The van der Waals surface area contributed by atoms with E-state index in [-0.39, 0.29) is 42.4 Å². The Kier molecular flexibility index (Phi) is 8.23. The molecular weight excluding hydrogens is 386 g/mol. The third-order valence-electron chi connectivity index (χ3n) is 5.45. The van der Waals surface area contributed by atoms with Crippen LogP contribution in [0.2, 0.25) is 0 Å². The second-order valence-electron chi connectivity index (χ2n) is 7.88. The van der Waals surface area contributed by atoms with E-state index in [2.05, 4.69) is 5.32 Å². The zero-order valence-corrected chi connectivity index (χ0v) is 18.7. The maximum absolute atomic E-state index is 13.2. The summed E-state index contributed by atoms with van der Waals surface area (Å²) in [7, 11) is 3.32. The van der Waals surface area contributed by atoms with E-state index in [4.69, 9.17) is 9.47 Å². The minimum Gasteiger partial charge on any atom is -0.491 e. The average molecular weight is 420 g/mol. The Hall–Kier alpha value is -2.61. The molecule has 0 spiro atoms. The van der Waals surface area contributed by atoms with Gasteiger partial charge in [0, 0.05) is 52.2 Å². The van der Waals surface area contributed by atoms with Crippen LogP contribution in [0.4, 0.5) is 5.69 Å². The van der Waals surface area contributed by atoms with Gasteiger partial charge in [-0.1, -0.05) is 13.8 Å². The van der Waals surface area contributed by atoms with Gasteiger partial charge in [-0.3, -0.25) is 14.4 Å². The lowest BCUT2D eigenvalue weighted by Crippen LogP contribution is -2.48. The van der Waals surface area contributed by atoms with Crippen molar-refractivity contribution in [1.82, 2.24) is 9.80 Å². The standard InChI is InChI=1S/C22H33N3O5/c1-7-21(27)23-17-8-9-19-18(10-17)22(28)24(5)12-20(29-6)14(2)11-25(16(4)26)15(3)13-30-19/h8-10,14-15,20H,7,11-13H2,1-6H3,(H,23,27)/t14-,15+,20-/m0/s1. The number of hydrogen-bond acceptors (Lipinski definition) is 5. The van der Waals surface area contributed by atoms with Crippen LogP contribution in [-0.2, 0) is 14.3 Å². The molecular formula is C22H33N3O5. The van der Waals surface area contributed by atoms with E-state index in [1.165, 1.54) is 0 Å². The van der Waals surface area contributed by atoms with Gasteiger partial charge in [-0.15, -0.1) is 0 Å². The number of likely N-dealkylation sites (N-methyl/N-ethyl adjacent to an activating group) is 1. The van der Waals surface area contributed by atoms with Crippen LogP contribution < -0.4 is 10.1 Å². The number of fused-ring (bicyclic) bond motifs is 1. The minimum atomic E-state index is -0.236. The fourth-order valence-electron chi connectivity index (χ4n) is 3.54. The molecule has 0 fully saturated rings. The van der Waals surface area contributed by atoms with Gasteiger partial charge < -0.3 is 24.6 Å². The predicted molar refractivity (Wildman–Crippen MR) is 115 cm³/mol. The molecule has 1 aromatic carbocycles. The molecule has 8 heteroatoms. The monoisotopic (exact) mass is 419 g/mol. The number of methoxy groups -OCH3 is 1. The summed E-state index contributed by atoms with van der Waals surface area (Å²) >= 11 is 0. The van der Waals surface area contributed by atoms with Gasteiger partial charge in [-0.2, -0.15) is 0 Å². The van der Waals surface area contributed by atoms with Crippen molar-refractivity contribution in [2.75, 3.05) is 39.2 Å². The number of nitrogens with zero attached hydrogens (tertiary/aromatic N) is 2. The molecule has 1 aliphatic heterocycles. The lowest BCUT2D eigenvalue weighted by atomic mass is 10.0. The third-order valence-corrected chi connectivity index (χ3v) is 5.45. The van der Waals surface area contributed by atoms with Gasteiger partial charge in [0.2, 0.25) is 11.8 Å². The first-order valence-electron chi connectivity index (χ1n) is 10.3. The minimum absolute atomic E-state index is 0.0191. The molecule has 0 aromatic heterocycles. The van der Waals surface area contributed by atoms with Crippen LogP contribution in [-0.4, -0.2) is 73.5 Å². The smallest absolute Gasteiger partial charge is 0.257 e. The van der Waals surface area contributed by atoms with E-state index in [0.717, 1.165) is 0 Å². The highest BCUT2D eigenvalue weighted by Crippen LogP contribution is 2.26. The highest BCUT2D eigenvalue weighted by Gasteiger charge is 2.29. The van der Waals surface area contributed by atoms with Gasteiger partial charge in [0.25, 0.3) is 5.91 Å². The number of amides is 3. The number of rotatable bonds is 3. The Balaban J connectivity index is 2.44. The summed E-state index contributed by atoms with van der Waals surface area (Å²) in [6.45, 7) is 8.35. The first kappa shape index (κ1) is 23.7. The van der Waals surface area contributed by atoms with Gasteiger partial charge in [0.1, 0.15) is 12.4 Å². The molecule has 166 valence electrons. The van der Waals surface area contributed by atoms with E-state index < -0.39 is 0 Å². The van der Waals surface area contributed by atoms with Gasteiger partial charge in [-0.25, -0.2) is 0 Å². The van der Waals surface area contributed by atoms with E-state index >= 15 is 0 Å². The predicted octanol–water partition coefficient (Wildman–Crippen LogP) is 2.39. The Labute approximate surface area is 178 Å². The zero-order chi connectivity index (χ0) is 22.4. The number of anilines is 1. The maximum atomic E-state index is 13.2.